The highest BCUT2D eigenvalue weighted by Crippen LogP contribution is 2.25. The van der Waals surface area contributed by atoms with Gasteiger partial charge in [-0.1, -0.05) is 23.7 Å². The average Bonchev–Trinajstić information content (AvgIpc) is 2.49. The first kappa shape index (κ1) is 14.7. The summed E-state index contributed by atoms with van der Waals surface area (Å²) in [6, 6.07) is 13.2. The molecule has 0 aliphatic carbocycles. The van der Waals surface area contributed by atoms with Crippen molar-refractivity contribution in [1.29, 1.82) is 5.26 Å². The summed E-state index contributed by atoms with van der Waals surface area (Å²) >= 11 is 6.00. The summed E-state index contributed by atoms with van der Waals surface area (Å²) in [4.78, 5) is 12.0. The highest BCUT2D eigenvalue weighted by molar-refractivity contribution is 6.33. The van der Waals surface area contributed by atoms with Gasteiger partial charge < -0.3 is 15.4 Å². The molecule has 0 bridgehead atoms. The molecule has 0 radical (unpaired) electrons. The number of nitrogens with one attached hydrogen (secondary N) is 2. The molecule has 2 aromatic rings. The van der Waals surface area contributed by atoms with Crippen LogP contribution in [-0.2, 0) is 0 Å². The molecule has 5 nitrogen and oxygen atoms in total. The Morgan fingerprint density at radius 1 is 1.19 bits per heavy atom. The number of para-hydroxylation sites is 2. The van der Waals surface area contributed by atoms with Gasteiger partial charge in [0.25, 0.3) is 0 Å². The number of hydrogen-bond donors (Lipinski definition) is 2. The minimum Gasteiger partial charge on any atom is -0.495 e. The van der Waals surface area contributed by atoms with E-state index in [1.54, 1.807) is 36.4 Å². The minimum absolute atomic E-state index is 0.296. The average molecular weight is 302 g/mol. The highest BCUT2D eigenvalue weighted by atomic mass is 35.5. The van der Waals surface area contributed by atoms with Crippen molar-refractivity contribution in [2.24, 2.45) is 0 Å². The molecule has 21 heavy (non-hydrogen) atoms. The zero-order chi connectivity index (χ0) is 15.2. The maximum absolute atomic E-state index is 12.0. The predicted molar refractivity (Wildman–Crippen MR) is 81.8 cm³/mol. The summed E-state index contributed by atoms with van der Waals surface area (Å²) in [7, 11) is 1.52. The van der Waals surface area contributed by atoms with Crippen molar-refractivity contribution in [2.45, 2.75) is 0 Å². The fourth-order valence-corrected chi connectivity index (χ4v) is 1.94. The fourth-order valence-electron chi connectivity index (χ4n) is 1.71. The molecule has 2 amide bonds. The van der Waals surface area contributed by atoms with Crippen LogP contribution in [0.3, 0.4) is 0 Å². The standard InChI is InChI=1S/C15H12ClN3O2/c1-21-14-5-3-2-4-13(14)19-15(20)18-12-7-6-10(9-17)8-11(12)16/h2-8H,1H3,(H2,18,19,20). The summed E-state index contributed by atoms with van der Waals surface area (Å²) in [5.74, 6) is 0.554. The second-order valence-electron chi connectivity index (χ2n) is 4.09. The Hall–Kier alpha value is -2.71. The Morgan fingerprint density at radius 3 is 2.57 bits per heavy atom. The number of hydrogen-bond acceptors (Lipinski definition) is 3. The van der Waals surface area contributed by atoms with Gasteiger partial charge in [-0.15, -0.1) is 0 Å². The van der Waals surface area contributed by atoms with Gasteiger partial charge in [0.05, 0.1) is 35.1 Å². The molecule has 0 heterocycles. The lowest BCUT2D eigenvalue weighted by Gasteiger charge is -2.11. The Kier molecular flexibility index (Phi) is 4.64. The molecule has 0 atom stereocenters. The number of methoxy groups -OCH3 is 1. The van der Waals surface area contributed by atoms with E-state index in [4.69, 9.17) is 21.6 Å². The molecule has 0 saturated heterocycles. The van der Waals surface area contributed by atoms with E-state index < -0.39 is 6.03 Å². The quantitative estimate of drug-likeness (QED) is 0.904. The van der Waals surface area contributed by atoms with Crippen molar-refractivity contribution in [1.82, 2.24) is 0 Å². The zero-order valence-electron chi connectivity index (χ0n) is 11.2. The fraction of sp³-hybridized carbons (Fsp3) is 0.0667. The molecule has 2 rings (SSSR count). The summed E-state index contributed by atoms with van der Waals surface area (Å²) in [6.07, 6.45) is 0. The third kappa shape index (κ3) is 3.65. The van der Waals surface area contributed by atoms with Crippen LogP contribution in [0.4, 0.5) is 16.2 Å². The van der Waals surface area contributed by atoms with Crippen molar-refractivity contribution in [2.75, 3.05) is 17.7 Å². The van der Waals surface area contributed by atoms with Crippen LogP contribution in [-0.4, -0.2) is 13.1 Å². The molecule has 0 spiro atoms. The van der Waals surface area contributed by atoms with Gasteiger partial charge in [-0.2, -0.15) is 5.26 Å². The molecule has 0 saturated carbocycles. The molecular formula is C15H12ClN3O2. The van der Waals surface area contributed by atoms with Crippen molar-refractivity contribution in [3.63, 3.8) is 0 Å². The third-order valence-corrected chi connectivity index (χ3v) is 3.01. The van der Waals surface area contributed by atoms with E-state index in [9.17, 15) is 4.79 Å². The van der Waals surface area contributed by atoms with Crippen molar-refractivity contribution in [3.05, 3.63) is 53.1 Å². The second-order valence-corrected chi connectivity index (χ2v) is 4.49. The molecule has 0 fully saturated rings. The number of carbonyl (C=O) groups excluding carboxylic acids is 1. The van der Waals surface area contributed by atoms with Crippen molar-refractivity contribution < 1.29 is 9.53 Å². The van der Waals surface area contributed by atoms with E-state index in [2.05, 4.69) is 10.6 Å². The van der Waals surface area contributed by atoms with Gasteiger partial charge in [-0.25, -0.2) is 4.79 Å². The van der Waals surface area contributed by atoms with Crippen LogP contribution in [0.2, 0.25) is 5.02 Å². The molecule has 0 aromatic heterocycles. The maximum Gasteiger partial charge on any atom is 0.323 e. The van der Waals surface area contributed by atoms with Crippen LogP contribution >= 0.6 is 11.6 Å². The first-order chi connectivity index (χ1) is 10.1. The smallest absolute Gasteiger partial charge is 0.323 e. The molecule has 0 aliphatic rings. The van der Waals surface area contributed by atoms with Gasteiger partial charge in [0, 0.05) is 0 Å². The van der Waals surface area contributed by atoms with Gasteiger partial charge in [-0.3, -0.25) is 0 Å². The third-order valence-electron chi connectivity index (χ3n) is 2.70. The lowest BCUT2D eigenvalue weighted by molar-refractivity contribution is 0.262. The van der Waals surface area contributed by atoms with Gasteiger partial charge in [0.1, 0.15) is 5.75 Å². The van der Waals surface area contributed by atoms with E-state index in [1.165, 1.54) is 13.2 Å². The molecule has 6 heteroatoms. The number of nitrogens with zero attached hydrogens (tertiary/aromatic N) is 1. The number of carbonyl (C=O) groups is 1. The topological polar surface area (TPSA) is 74.2 Å². The van der Waals surface area contributed by atoms with Crippen LogP contribution < -0.4 is 15.4 Å². The van der Waals surface area contributed by atoms with E-state index in [0.717, 1.165) is 0 Å². The van der Waals surface area contributed by atoms with Crippen LogP contribution in [0.5, 0.6) is 5.75 Å². The van der Waals surface area contributed by atoms with E-state index in [1.807, 2.05) is 6.07 Å². The number of anilines is 2. The monoisotopic (exact) mass is 301 g/mol. The summed E-state index contributed by atoms with van der Waals surface area (Å²) in [5.41, 5.74) is 1.39. The van der Waals surface area contributed by atoms with Gasteiger partial charge in [0.15, 0.2) is 0 Å². The number of ether oxygens (including phenoxy) is 1. The molecule has 0 aliphatic heterocycles. The Balaban J connectivity index is 2.10. The van der Waals surface area contributed by atoms with Gasteiger partial charge >= 0.3 is 6.03 Å². The van der Waals surface area contributed by atoms with E-state index >= 15 is 0 Å². The van der Waals surface area contributed by atoms with Crippen LogP contribution in [0.1, 0.15) is 5.56 Å². The zero-order valence-corrected chi connectivity index (χ0v) is 11.9. The molecular weight excluding hydrogens is 290 g/mol. The summed E-state index contributed by atoms with van der Waals surface area (Å²) < 4.78 is 5.15. The Labute approximate surface area is 127 Å². The second kappa shape index (κ2) is 6.64. The summed E-state index contributed by atoms with van der Waals surface area (Å²) in [5, 5.41) is 14.3. The Bertz CT molecular complexity index is 710. The van der Waals surface area contributed by atoms with E-state index in [-0.39, 0.29) is 0 Å². The predicted octanol–water partition coefficient (Wildman–Crippen LogP) is 3.86. The normalized spacial score (nSPS) is 9.57. The minimum atomic E-state index is -0.453. The number of amides is 2. The van der Waals surface area contributed by atoms with Crippen molar-refractivity contribution >= 4 is 29.0 Å². The largest absolute Gasteiger partial charge is 0.495 e. The highest BCUT2D eigenvalue weighted by Gasteiger charge is 2.09. The van der Waals surface area contributed by atoms with Gasteiger partial charge in [0.2, 0.25) is 0 Å². The van der Waals surface area contributed by atoms with E-state index in [0.29, 0.717) is 27.7 Å². The molecule has 106 valence electrons. The number of urea groups is 1. The van der Waals surface area contributed by atoms with Gasteiger partial charge in [-0.05, 0) is 30.3 Å². The SMILES string of the molecule is COc1ccccc1NC(=O)Nc1ccc(C#N)cc1Cl. The van der Waals surface area contributed by atoms with Crippen LogP contribution in [0, 0.1) is 11.3 Å². The number of rotatable bonds is 3. The Morgan fingerprint density at radius 2 is 1.90 bits per heavy atom. The van der Waals surface area contributed by atoms with Crippen molar-refractivity contribution in [3.8, 4) is 11.8 Å². The first-order valence-corrected chi connectivity index (χ1v) is 6.42. The molecule has 2 aromatic carbocycles. The number of halogens is 1. The number of benzene rings is 2. The van der Waals surface area contributed by atoms with Crippen LogP contribution in [0.25, 0.3) is 0 Å². The molecule has 0 unspecified atom stereocenters. The molecule has 2 N–H and O–H groups in total. The summed E-state index contributed by atoms with van der Waals surface area (Å²) in [6.45, 7) is 0. The first-order valence-electron chi connectivity index (χ1n) is 6.04. The lowest BCUT2D eigenvalue weighted by Crippen LogP contribution is -2.20. The maximum atomic E-state index is 12.0. The number of nitriles is 1. The lowest BCUT2D eigenvalue weighted by atomic mass is 10.2. The van der Waals surface area contributed by atoms with Crippen LogP contribution in [0.15, 0.2) is 42.5 Å².